The number of likely N-dealkylation sites (N-methyl/N-ethyl adjacent to an activating group) is 1. The Morgan fingerprint density at radius 3 is 2.80 bits per heavy atom. The molecule has 0 amide bonds. The second-order valence-electron chi connectivity index (χ2n) is 11.4. The predicted molar refractivity (Wildman–Crippen MR) is 123 cm³/mol. The van der Waals surface area contributed by atoms with E-state index >= 15 is 0 Å². The number of allylic oxidation sites excluding steroid dienone is 2. The van der Waals surface area contributed by atoms with Crippen LogP contribution in [0.1, 0.15) is 71.6 Å². The molecule has 4 aliphatic rings. The van der Waals surface area contributed by atoms with Crippen molar-refractivity contribution in [3.63, 3.8) is 0 Å². The lowest BCUT2D eigenvalue weighted by atomic mass is 9.47. The van der Waals surface area contributed by atoms with E-state index < -0.39 is 5.60 Å². The van der Waals surface area contributed by atoms with E-state index in [1.807, 2.05) is 26.2 Å². The molecule has 30 heavy (non-hydrogen) atoms. The molecule has 1 N–H and O–H groups in total. The lowest BCUT2D eigenvalue weighted by Gasteiger charge is -2.58. The SMILES string of the molecule is CN(C)CCO/N=C/C=C/[C@]1(O)CC[C@@]2(C)C(=CC[C@H]3[C@@H]4CCC[C@@]4(C)CC[C@@H]32)C1. The molecule has 0 heterocycles. The Morgan fingerprint density at radius 1 is 1.17 bits per heavy atom. The number of hydrogen-bond donors (Lipinski definition) is 1. The van der Waals surface area contributed by atoms with Gasteiger partial charge in [0.1, 0.15) is 6.61 Å². The number of rotatable bonds is 6. The number of hydrogen-bond acceptors (Lipinski definition) is 4. The summed E-state index contributed by atoms with van der Waals surface area (Å²) in [6, 6.07) is 0. The van der Waals surface area contributed by atoms with Crippen LogP contribution in [0.15, 0.2) is 29.0 Å². The average Bonchev–Trinajstić information content (AvgIpc) is 3.09. The van der Waals surface area contributed by atoms with Gasteiger partial charge in [0.25, 0.3) is 0 Å². The maximum absolute atomic E-state index is 11.3. The maximum Gasteiger partial charge on any atom is 0.129 e. The minimum atomic E-state index is -0.746. The van der Waals surface area contributed by atoms with Crippen LogP contribution in [-0.4, -0.2) is 49.1 Å². The van der Waals surface area contributed by atoms with Crippen LogP contribution in [0.5, 0.6) is 0 Å². The Morgan fingerprint density at radius 2 is 2.00 bits per heavy atom. The van der Waals surface area contributed by atoms with E-state index in [1.165, 1.54) is 44.1 Å². The molecular weight excluding hydrogens is 372 g/mol. The van der Waals surface area contributed by atoms with Gasteiger partial charge in [0.15, 0.2) is 0 Å². The molecule has 168 valence electrons. The third kappa shape index (κ3) is 4.14. The molecule has 0 unspecified atom stereocenters. The second-order valence-corrected chi connectivity index (χ2v) is 11.4. The molecular formula is C26H42N2O2. The molecule has 0 aliphatic heterocycles. The lowest BCUT2D eigenvalue weighted by Crippen LogP contribution is -2.51. The monoisotopic (exact) mass is 414 g/mol. The Bertz CT molecular complexity index is 714. The van der Waals surface area contributed by atoms with Crippen LogP contribution < -0.4 is 0 Å². The fraction of sp³-hybridized carbons (Fsp3) is 0.808. The highest BCUT2D eigenvalue weighted by Crippen LogP contribution is 2.65. The minimum absolute atomic E-state index is 0.288. The van der Waals surface area contributed by atoms with Gasteiger partial charge in [-0.2, -0.15) is 0 Å². The standard InChI is InChI=1S/C26H42N2O2/c1-24-11-5-7-22(24)21-9-8-20-19-26(29,12-6-16-27-30-18-17-28(3)4)15-14-25(20,2)23(21)10-13-24/h6,8,12,16,21-23,29H,5,7,9-11,13-15,17-19H2,1-4H3/b12-6+,27-16+/t21-,22-,23-,24-,25-,26-/m0/s1. The fourth-order valence-electron chi connectivity index (χ4n) is 7.38. The Kier molecular flexibility index (Phi) is 6.20. The molecule has 6 atom stereocenters. The minimum Gasteiger partial charge on any atom is -0.394 e. The molecule has 4 aliphatic carbocycles. The Labute approximate surface area is 183 Å². The van der Waals surface area contributed by atoms with Crippen molar-refractivity contribution in [3.05, 3.63) is 23.8 Å². The summed E-state index contributed by atoms with van der Waals surface area (Å²) in [7, 11) is 4.03. The fourth-order valence-corrected chi connectivity index (χ4v) is 7.38. The molecule has 0 bridgehead atoms. The summed E-state index contributed by atoms with van der Waals surface area (Å²) in [6.45, 7) is 6.50. The molecule has 4 rings (SSSR count). The van der Waals surface area contributed by atoms with Gasteiger partial charge in [0.2, 0.25) is 0 Å². The summed E-state index contributed by atoms with van der Waals surface area (Å²) >= 11 is 0. The zero-order valence-corrected chi connectivity index (χ0v) is 19.6. The van der Waals surface area contributed by atoms with E-state index in [-0.39, 0.29) is 5.41 Å². The van der Waals surface area contributed by atoms with Gasteiger partial charge in [-0.3, -0.25) is 0 Å². The topological polar surface area (TPSA) is 45.1 Å². The lowest BCUT2D eigenvalue weighted by molar-refractivity contribution is -0.0486. The van der Waals surface area contributed by atoms with Gasteiger partial charge >= 0.3 is 0 Å². The molecule has 0 saturated heterocycles. The van der Waals surface area contributed by atoms with Crippen molar-refractivity contribution >= 4 is 6.21 Å². The summed E-state index contributed by atoms with van der Waals surface area (Å²) in [6.07, 6.45) is 19.1. The van der Waals surface area contributed by atoms with Crippen LogP contribution in [0.2, 0.25) is 0 Å². The Balaban J connectivity index is 1.40. The first kappa shape index (κ1) is 22.1. The van der Waals surface area contributed by atoms with Gasteiger partial charge in [-0.1, -0.05) is 43.1 Å². The first-order valence-corrected chi connectivity index (χ1v) is 12.2. The molecule has 0 aromatic carbocycles. The number of fused-ring (bicyclic) bond motifs is 5. The van der Waals surface area contributed by atoms with E-state index in [0.29, 0.717) is 12.0 Å². The quantitative estimate of drug-likeness (QED) is 0.281. The molecule has 0 radical (unpaired) electrons. The van der Waals surface area contributed by atoms with Crippen LogP contribution in [0.4, 0.5) is 0 Å². The van der Waals surface area contributed by atoms with E-state index in [0.717, 1.165) is 43.6 Å². The maximum atomic E-state index is 11.3. The van der Waals surface area contributed by atoms with Crippen molar-refractivity contribution in [1.29, 1.82) is 0 Å². The third-order valence-corrected chi connectivity index (χ3v) is 9.24. The van der Waals surface area contributed by atoms with E-state index in [1.54, 1.807) is 6.21 Å². The summed E-state index contributed by atoms with van der Waals surface area (Å²) in [5.74, 6) is 2.61. The van der Waals surface area contributed by atoms with Gasteiger partial charge < -0.3 is 14.8 Å². The zero-order chi connectivity index (χ0) is 21.4. The molecule has 3 fully saturated rings. The largest absolute Gasteiger partial charge is 0.394 e. The number of nitrogens with zero attached hydrogens (tertiary/aromatic N) is 2. The van der Waals surface area contributed by atoms with Gasteiger partial charge in [-0.05, 0) is 93.7 Å². The molecule has 3 saturated carbocycles. The average molecular weight is 415 g/mol. The first-order valence-electron chi connectivity index (χ1n) is 12.2. The predicted octanol–water partition coefficient (Wildman–Crippen LogP) is 5.19. The van der Waals surface area contributed by atoms with Crippen molar-refractivity contribution in [2.24, 2.45) is 33.7 Å². The molecule has 4 heteroatoms. The van der Waals surface area contributed by atoms with E-state index in [9.17, 15) is 5.11 Å². The van der Waals surface area contributed by atoms with Gasteiger partial charge in [0, 0.05) is 13.0 Å². The number of aliphatic hydroxyl groups is 1. The van der Waals surface area contributed by atoms with Crippen molar-refractivity contribution in [1.82, 2.24) is 4.90 Å². The highest BCUT2D eigenvalue weighted by atomic mass is 16.6. The molecule has 0 aromatic rings. The van der Waals surface area contributed by atoms with Crippen molar-refractivity contribution in [3.8, 4) is 0 Å². The summed E-state index contributed by atoms with van der Waals surface area (Å²) < 4.78 is 0. The van der Waals surface area contributed by atoms with Gasteiger partial charge in [-0.15, -0.1) is 0 Å². The highest BCUT2D eigenvalue weighted by Gasteiger charge is 2.56. The van der Waals surface area contributed by atoms with E-state index in [4.69, 9.17) is 4.84 Å². The highest BCUT2D eigenvalue weighted by molar-refractivity contribution is 5.70. The zero-order valence-electron chi connectivity index (χ0n) is 19.6. The van der Waals surface area contributed by atoms with Crippen molar-refractivity contribution in [2.75, 3.05) is 27.2 Å². The van der Waals surface area contributed by atoms with Crippen LogP contribution >= 0.6 is 0 Å². The van der Waals surface area contributed by atoms with Crippen LogP contribution in [0, 0.1) is 28.6 Å². The van der Waals surface area contributed by atoms with Gasteiger partial charge in [-0.25, -0.2) is 0 Å². The second kappa shape index (κ2) is 8.43. The van der Waals surface area contributed by atoms with Crippen LogP contribution in [-0.2, 0) is 4.84 Å². The van der Waals surface area contributed by atoms with Crippen LogP contribution in [0.3, 0.4) is 0 Å². The molecule has 0 aromatic heterocycles. The summed E-state index contributed by atoms with van der Waals surface area (Å²) in [5.41, 5.74) is 1.67. The van der Waals surface area contributed by atoms with Crippen LogP contribution in [0.25, 0.3) is 0 Å². The number of oxime groups is 1. The first-order chi connectivity index (χ1) is 14.3. The summed E-state index contributed by atoms with van der Waals surface area (Å²) in [5, 5.41) is 15.2. The van der Waals surface area contributed by atoms with Gasteiger partial charge in [0.05, 0.1) is 11.8 Å². The summed E-state index contributed by atoms with van der Waals surface area (Å²) in [4.78, 5) is 7.32. The van der Waals surface area contributed by atoms with E-state index in [2.05, 4.69) is 30.0 Å². The molecule has 4 nitrogen and oxygen atoms in total. The molecule has 0 spiro atoms. The Hall–Kier alpha value is -1.13. The third-order valence-electron chi connectivity index (χ3n) is 9.24. The normalized spacial score (nSPS) is 43.5. The van der Waals surface area contributed by atoms with Crippen molar-refractivity contribution < 1.29 is 9.94 Å². The smallest absolute Gasteiger partial charge is 0.129 e. The van der Waals surface area contributed by atoms with Crippen molar-refractivity contribution in [2.45, 2.75) is 77.2 Å².